The molecule has 218 valence electrons. The lowest BCUT2D eigenvalue weighted by Crippen LogP contribution is -2.56. The Kier molecular flexibility index (Phi) is 11.0. The molecule has 2 saturated heterocycles. The number of aromatic nitrogens is 1. The summed E-state index contributed by atoms with van der Waals surface area (Å²) in [6.07, 6.45) is 3.27. The Balaban J connectivity index is 1.86. The van der Waals surface area contributed by atoms with Crippen LogP contribution in [0.15, 0.2) is 24.4 Å². The first kappa shape index (κ1) is 30.5. The first-order valence-corrected chi connectivity index (χ1v) is 13.8. The van der Waals surface area contributed by atoms with E-state index in [2.05, 4.69) is 26.3 Å². The second-order valence-corrected chi connectivity index (χ2v) is 10.6. The van der Waals surface area contributed by atoms with Crippen LogP contribution in [0.5, 0.6) is 0 Å². The van der Waals surface area contributed by atoms with Gasteiger partial charge in [-0.2, -0.15) is 0 Å². The third-order valence-electron chi connectivity index (χ3n) is 7.01. The minimum atomic E-state index is -1.15. The van der Waals surface area contributed by atoms with Gasteiger partial charge >= 0.3 is 0 Å². The second-order valence-electron chi connectivity index (χ2n) is 10.6. The molecule has 1 aromatic heterocycles. The highest BCUT2D eigenvalue weighted by Gasteiger charge is 2.35. The number of rotatable bonds is 5. The van der Waals surface area contributed by atoms with Crippen molar-refractivity contribution in [3.05, 3.63) is 30.1 Å². The number of nitrogens with two attached hydrogens (primary N) is 1. The van der Waals surface area contributed by atoms with Crippen molar-refractivity contribution in [2.24, 2.45) is 11.7 Å². The molecule has 4 atom stereocenters. The molecule has 2 fully saturated rings. The van der Waals surface area contributed by atoms with E-state index in [-0.39, 0.29) is 55.7 Å². The summed E-state index contributed by atoms with van der Waals surface area (Å²) in [5.74, 6) is -3.18. The van der Waals surface area contributed by atoms with Crippen LogP contribution in [0.3, 0.4) is 0 Å². The first-order chi connectivity index (χ1) is 19.1. The molecule has 2 aliphatic rings. The Labute approximate surface area is 233 Å². The van der Waals surface area contributed by atoms with Crippen molar-refractivity contribution in [1.82, 2.24) is 31.2 Å². The molecule has 0 unspecified atom stereocenters. The van der Waals surface area contributed by atoms with Gasteiger partial charge in [-0.3, -0.25) is 33.8 Å². The maximum Gasteiger partial charge on any atom is 0.270 e. The molecule has 0 aliphatic carbocycles. The predicted molar refractivity (Wildman–Crippen MR) is 144 cm³/mol. The summed E-state index contributed by atoms with van der Waals surface area (Å²) in [5.41, 5.74) is 5.65. The normalized spacial score (nSPS) is 25.3. The SMILES string of the molecule is CC(C)C[C@@H]1NC(=O)[C@@H](NC(=O)c2ccccn2)CCCNC(=O)[C@H]2CCCN2C(=O)CC[C@@H](C(N)=O)NC1=O. The van der Waals surface area contributed by atoms with E-state index in [0.717, 1.165) is 0 Å². The molecule has 3 rings (SSSR count). The third-order valence-corrected chi connectivity index (χ3v) is 7.01. The lowest BCUT2D eigenvalue weighted by atomic mass is 10.0. The number of amides is 6. The average molecular weight is 558 g/mol. The van der Waals surface area contributed by atoms with Gasteiger partial charge < -0.3 is 31.9 Å². The monoisotopic (exact) mass is 557 g/mol. The number of hydrogen-bond acceptors (Lipinski definition) is 7. The standard InChI is InChI=1S/C27H39N7O6/c1-16(2)15-20-26(39)31-17(23(28)36)10-11-22(35)34-14-6-9-21(34)27(40)30-13-5-8-19(25(38)33-20)32-24(37)18-7-3-4-12-29-18/h3-4,7,12,16-17,19-21H,5-6,8-11,13-15H2,1-2H3,(H2,28,36)(H,30,40)(H,31,39)(H,32,37)(H,33,38)/t17-,19-,20-,21+/m0/s1. The van der Waals surface area contributed by atoms with Crippen LogP contribution < -0.4 is 27.0 Å². The number of carbonyl (C=O) groups excluding carboxylic acids is 6. The van der Waals surface area contributed by atoms with Crippen LogP contribution in [0.2, 0.25) is 0 Å². The summed E-state index contributed by atoms with van der Waals surface area (Å²) >= 11 is 0. The number of nitrogens with one attached hydrogen (secondary N) is 4. The first-order valence-electron chi connectivity index (χ1n) is 13.8. The van der Waals surface area contributed by atoms with E-state index >= 15 is 0 Å². The van der Waals surface area contributed by atoms with Crippen LogP contribution in [-0.4, -0.2) is 82.6 Å². The van der Waals surface area contributed by atoms with Gasteiger partial charge in [0, 0.05) is 25.7 Å². The molecule has 0 bridgehead atoms. The zero-order chi connectivity index (χ0) is 29.2. The Morgan fingerprint density at radius 3 is 2.50 bits per heavy atom. The lowest BCUT2D eigenvalue weighted by molar-refractivity contribution is -0.139. The molecule has 0 radical (unpaired) electrons. The molecule has 6 amide bonds. The summed E-state index contributed by atoms with van der Waals surface area (Å²) in [7, 11) is 0. The van der Waals surface area contributed by atoms with E-state index < -0.39 is 47.8 Å². The molecule has 40 heavy (non-hydrogen) atoms. The molecule has 2 aliphatic heterocycles. The summed E-state index contributed by atoms with van der Waals surface area (Å²) in [4.78, 5) is 82.9. The largest absolute Gasteiger partial charge is 0.368 e. The molecule has 0 spiro atoms. The van der Waals surface area contributed by atoms with Gasteiger partial charge in [0.05, 0.1) is 0 Å². The number of hydrogen-bond donors (Lipinski definition) is 5. The van der Waals surface area contributed by atoms with Gasteiger partial charge in [0.25, 0.3) is 5.91 Å². The average Bonchev–Trinajstić information content (AvgIpc) is 3.41. The van der Waals surface area contributed by atoms with Gasteiger partial charge in [-0.15, -0.1) is 0 Å². The van der Waals surface area contributed by atoms with Crippen LogP contribution >= 0.6 is 0 Å². The molecule has 6 N–H and O–H groups in total. The van der Waals surface area contributed by atoms with Crippen molar-refractivity contribution >= 4 is 35.4 Å². The molecule has 13 nitrogen and oxygen atoms in total. The second kappa shape index (κ2) is 14.4. The van der Waals surface area contributed by atoms with E-state index in [0.29, 0.717) is 25.8 Å². The molecule has 13 heteroatoms. The molecule has 1 aromatic rings. The Hall–Kier alpha value is -4.03. The third kappa shape index (κ3) is 8.48. The van der Waals surface area contributed by atoms with Crippen molar-refractivity contribution in [3.63, 3.8) is 0 Å². The number of nitrogens with zero attached hydrogens (tertiary/aromatic N) is 2. The van der Waals surface area contributed by atoms with Crippen molar-refractivity contribution in [2.45, 2.75) is 83.0 Å². The maximum atomic E-state index is 13.4. The fourth-order valence-corrected chi connectivity index (χ4v) is 4.92. The number of pyridine rings is 1. The zero-order valence-electron chi connectivity index (χ0n) is 23.0. The van der Waals surface area contributed by atoms with E-state index in [1.807, 2.05) is 13.8 Å². The summed E-state index contributed by atoms with van der Waals surface area (Å²) in [6, 6.07) is 0.998. The van der Waals surface area contributed by atoms with Crippen LogP contribution in [0.4, 0.5) is 0 Å². The van der Waals surface area contributed by atoms with Crippen molar-refractivity contribution in [2.75, 3.05) is 13.1 Å². The fourth-order valence-electron chi connectivity index (χ4n) is 4.92. The highest BCUT2D eigenvalue weighted by molar-refractivity contribution is 5.97. The highest BCUT2D eigenvalue weighted by atomic mass is 16.2. The Morgan fingerprint density at radius 1 is 1.05 bits per heavy atom. The van der Waals surface area contributed by atoms with Crippen molar-refractivity contribution in [1.29, 1.82) is 0 Å². The molecule has 3 heterocycles. The lowest BCUT2D eigenvalue weighted by Gasteiger charge is -2.26. The van der Waals surface area contributed by atoms with E-state index in [9.17, 15) is 28.8 Å². The summed E-state index contributed by atoms with van der Waals surface area (Å²) in [6.45, 7) is 4.39. The van der Waals surface area contributed by atoms with Crippen LogP contribution in [0, 0.1) is 5.92 Å². The number of primary amides is 1. The van der Waals surface area contributed by atoms with Gasteiger partial charge in [-0.05, 0) is 56.6 Å². The minimum absolute atomic E-state index is 0.00244. The van der Waals surface area contributed by atoms with Gasteiger partial charge in [0.2, 0.25) is 29.5 Å². The Bertz CT molecular complexity index is 1100. The van der Waals surface area contributed by atoms with Crippen LogP contribution in [0.25, 0.3) is 0 Å². The van der Waals surface area contributed by atoms with E-state index in [4.69, 9.17) is 5.73 Å². The smallest absolute Gasteiger partial charge is 0.270 e. The fraction of sp³-hybridized carbons (Fsp3) is 0.593. The number of fused-ring (bicyclic) bond motifs is 1. The quantitative estimate of drug-likeness (QED) is 0.318. The molecular formula is C27H39N7O6. The molecule has 0 saturated carbocycles. The summed E-state index contributed by atoms with van der Waals surface area (Å²) < 4.78 is 0. The molecule has 0 aromatic carbocycles. The topological polar surface area (TPSA) is 193 Å². The van der Waals surface area contributed by atoms with Crippen LogP contribution in [0.1, 0.15) is 69.3 Å². The van der Waals surface area contributed by atoms with Gasteiger partial charge in [0.1, 0.15) is 29.9 Å². The van der Waals surface area contributed by atoms with Gasteiger partial charge in [-0.25, -0.2) is 0 Å². The van der Waals surface area contributed by atoms with E-state index in [1.54, 1.807) is 12.1 Å². The Morgan fingerprint density at radius 2 is 1.82 bits per heavy atom. The molecular weight excluding hydrogens is 518 g/mol. The van der Waals surface area contributed by atoms with Gasteiger partial charge in [0.15, 0.2) is 0 Å². The maximum absolute atomic E-state index is 13.4. The van der Waals surface area contributed by atoms with Crippen molar-refractivity contribution < 1.29 is 28.8 Å². The van der Waals surface area contributed by atoms with E-state index in [1.165, 1.54) is 17.2 Å². The van der Waals surface area contributed by atoms with Crippen molar-refractivity contribution in [3.8, 4) is 0 Å². The number of carbonyl (C=O) groups is 6. The minimum Gasteiger partial charge on any atom is -0.368 e. The van der Waals surface area contributed by atoms with Crippen LogP contribution in [-0.2, 0) is 24.0 Å². The van der Waals surface area contributed by atoms with Gasteiger partial charge in [-0.1, -0.05) is 19.9 Å². The highest BCUT2D eigenvalue weighted by Crippen LogP contribution is 2.20. The summed E-state index contributed by atoms with van der Waals surface area (Å²) in [5, 5.41) is 10.8. The zero-order valence-corrected chi connectivity index (χ0v) is 23.0. The predicted octanol–water partition coefficient (Wildman–Crippen LogP) is -0.638.